The standard InChI is InChI=1S/C16H17NO5/c1-10-6-12(7-11(2)15(10)22-9-14(18)19)16(20)17-8-13-4-3-5-21-13/h3-7H,8-9H2,1-2H3,(H,17,20)(H,18,19). The number of hydrogen-bond acceptors (Lipinski definition) is 4. The van der Waals surface area contributed by atoms with Crippen molar-refractivity contribution in [1.82, 2.24) is 5.32 Å². The van der Waals surface area contributed by atoms with Gasteiger partial charge in [-0.05, 0) is 49.2 Å². The molecule has 1 heterocycles. The van der Waals surface area contributed by atoms with E-state index in [0.29, 0.717) is 34.7 Å². The van der Waals surface area contributed by atoms with E-state index in [1.807, 2.05) is 0 Å². The van der Waals surface area contributed by atoms with Crippen molar-refractivity contribution in [2.75, 3.05) is 6.61 Å². The van der Waals surface area contributed by atoms with E-state index in [0.717, 1.165) is 0 Å². The van der Waals surface area contributed by atoms with Gasteiger partial charge in [-0.3, -0.25) is 4.79 Å². The summed E-state index contributed by atoms with van der Waals surface area (Å²) in [4.78, 5) is 22.7. The third kappa shape index (κ3) is 3.88. The first-order valence-electron chi connectivity index (χ1n) is 6.74. The molecule has 0 bridgehead atoms. The van der Waals surface area contributed by atoms with E-state index in [-0.39, 0.29) is 5.91 Å². The van der Waals surface area contributed by atoms with Gasteiger partial charge in [0.2, 0.25) is 0 Å². The Labute approximate surface area is 127 Å². The molecule has 116 valence electrons. The molecule has 2 aromatic rings. The van der Waals surface area contributed by atoms with Crippen molar-refractivity contribution in [3.05, 3.63) is 53.0 Å². The molecule has 1 aromatic carbocycles. The van der Waals surface area contributed by atoms with Gasteiger partial charge in [0, 0.05) is 5.56 Å². The van der Waals surface area contributed by atoms with Gasteiger partial charge in [0.05, 0.1) is 12.8 Å². The number of nitrogens with one attached hydrogen (secondary N) is 1. The van der Waals surface area contributed by atoms with E-state index >= 15 is 0 Å². The number of carbonyl (C=O) groups excluding carboxylic acids is 1. The fraction of sp³-hybridized carbons (Fsp3) is 0.250. The number of rotatable bonds is 6. The number of aliphatic carboxylic acids is 1. The minimum absolute atomic E-state index is 0.229. The summed E-state index contributed by atoms with van der Waals surface area (Å²) in [5.74, 6) is -0.111. The lowest BCUT2D eigenvalue weighted by atomic mass is 10.1. The second kappa shape index (κ2) is 6.80. The molecule has 0 saturated heterocycles. The summed E-state index contributed by atoms with van der Waals surface area (Å²) in [6.45, 7) is 3.44. The number of benzene rings is 1. The summed E-state index contributed by atoms with van der Waals surface area (Å²) in [7, 11) is 0. The minimum Gasteiger partial charge on any atom is -0.481 e. The lowest BCUT2D eigenvalue weighted by molar-refractivity contribution is -0.139. The zero-order valence-electron chi connectivity index (χ0n) is 12.4. The van der Waals surface area contributed by atoms with E-state index in [1.165, 1.54) is 0 Å². The predicted octanol–water partition coefficient (Wildman–Crippen LogP) is 2.29. The molecule has 0 unspecified atom stereocenters. The SMILES string of the molecule is Cc1cc(C(=O)NCc2ccco2)cc(C)c1OCC(=O)O. The van der Waals surface area contributed by atoms with Gasteiger partial charge in [-0.1, -0.05) is 0 Å². The van der Waals surface area contributed by atoms with Gasteiger partial charge in [0.25, 0.3) is 5.91 Å². The number of furan rings is 1. The van der Waals surface area contributed by atoms with Crippen molar-refractivity contribution in [2.45, 2.75) is 20.4 Å². The number of aryl methyl sites for hydroxylation is 2. The number of carboxylic acids is 1. The van der Waals surface area contributed by atoms with Crippen LogP contribution in [-0.4, -0.2) is 23.6 Å². The normalized spacial score (nSPS) is 10.3. The van der Waals surface area contributed by atoms with E-state index in [1.54, 1.807) is 44.4 Å². The average molecular weight is 303 g/mol. The molecule has 1 aromatic heterocycles. The van der Waals surface area contributed by atoms with Crippen LogP contribution < -0.4 is 10.1 Å². The fourth-order valence-electron chi connectivity index (χ4n) is 2.13. The average Bonchev–Trinajstić information content (AvgIpc) is 2.96. The van der Waals surface area contributed by atoms with E-state index < -0.39 is 12.6 Å². The maximum Gasteiger partial charge on any atom is 0.341 e. The summed E-state index contributed by atoms with van der Waals surface area (Å²) in [6, 6.07) is 6.87. The lowest BCUT2D eigenvalue weighted by Crippen LogP contribution is -2.23. The van der Waals surface area contributed by atoms with E-state index in [4.69, 9.17) is 14.3 Å². The molecule has 0 atom stereocenters. The summed E-state index contributed by atoms with van der Waals surface area (Å²) in [6.07, 6.45) is 1.55. The molecule has 0 saturated carbocycles. The molecular formula is C16H17NO5. The third-order valence-electron chi connectivity index (χ3n) is 3.07. The molecule has 0 aliphatic rings. The largest absolute Gasteiger partial charge is 0.481 e. The first kappa shape index (κ1) is 15.6. The molecule has 0 aliphatic carbocycles. The fourth-order valence-corrected chi connectivity index (χ4v) is 2.13. The Balaban J connectivity index is 2.08. The Morgan fingerprint density at radius 1 is 1.27 bits per heavy atom. The molecule has 0 radical (unpaired) electrons. The van der Waals surface area contributed by atoms with E-state index in [2.05, 4.69) is 5.32 Å². The van der Waals surface area contributed by atoms with E-state index in [9.17, 15) is 9.59 Å². The highest BCUT2D eigenvalue weighted by molar-refractivity contribution is 5.94. The molecule has 6 nitrogen and oxygen atoms in total. The second-order valence-electron chi connectivity index (χ2n) is 4.88. The molecule has 22 heavy (non-hydrogen) atoms. The van der Waals surface area contributed by atoms with Crippen molar-refractivity contribution in [3.8, 4) is 5.75 Å². The van der Waals surface area contributed by atoms with Gasteiger partial charge >= 0.3 is 5.97 Å². The van der Waals surface area contributed by atoms with Crippen LogP contribution in [0.2, 0.25) is 0 Å². The topological polar surface area (TPSA) is 88.8 Å². The molecule has 1 amide bonds. The molecule has 0 fully saturated rings. The number of ether oxygens (including phenoxy) is 1. The van der Waals surface area contributed by atoms with Crippen molar-refractivity contribution in [3.63, 3.8) is 0 Å². The zero-order valence-corrected chi connectivity index (χ0v) is 12.4. The molecule has 6 heteroatoms. The predicted molar refractivity (Wildman–Crippen MR) is 78.9 cm³/mol. The number of carboxylic acid groups (broad SMARTS) is 1. The van der Waals surface area contributed by atoms with Crippen LogP contribution in [0.5, 0.6) is 5.75 Å². The first-order valence-corrected chi connectivity index (χ1v) is 6.74. The van der Waals surface area contributed by atoms with Gasteiger partial charge in [-0.15, -0.1) is 0 Å². The maximum atomic E-state index is 12.1. The number of carbonyl (C=O) groups is 2. The summed E-state index contributed by atoms with van der Waals surface area (Å²) < 4.78 is 10.4. The van der Waals surface area contributed by atoms with Crippen LogP contribution >= 0.6 is 0 Å². The number of hydrogen-bond donors (Lipinski definition) is 2. The van der Waals surface area contributed by atoms with Crippen molar-refractivity contribution in [2.24, 2.45) is 0 Å². The molecule has 2 rings (SSSR count). The van der Waals surface area contributed by atoms with Crippen LogP contribution in [0.15, 0.2) is 34.9 Å². The van der Waals surface area contributed by atoms with Crippen LogP contribution in [0.25, 0.3) is 0 Å². The molecule has 2 N–H and O–H groups in total. The number of amides is 1. The van der Waals surface area contributed by atoms with Crippen LogP contribution in [0, 0.1) is 13.8 Å². The Morgan fingerprint density at radius 2 is 1.95 bits per heavy atom. The Hall–Kier alpha value is -2.76. The van der Waals surface area contributed by atoms with Crippen molar-refractivity contribution in [1.29, 1.82) is 0 Å². The molecule has 0 aliphatic heterocycles. The van der Waals surface area contributed by atoms with Crippen LogP contribution in [0.1, 0.15) is 27.2 Å². The monoisotopic (exact) mass is 303 g/mol. The first-order chi connectivity index (χ1) is 10.5. The maximum absolute atomic E-state index is 12.1. The summed E-state index contributed by atoms with van der Waals surface area (Å²) >= 11 is 0. The molecular weight excluding hydrogens is 286 g/mol. The molecule has 0 spiro atoms. The van der Waals surface area contributed by atoms with Crippen LogP contribution in [-0.2, 0) is 11.3 Å². The highest BCUT2D eigenvalue weighted by Gasteiger charge is 2.13. The quantitative estimate of drug-likeness (QED) is 0.854. The highest BCUT2D eigenvalue weighted by atomic mass is 16.5. The lowest BCUT2D eigenvalue weighted by Gasteiger charge is -2.12. The van der Waals surface area contributed by atoms with Gasteiger partial charge in [0.1, 0.15) is 11.5 Å². The van der Waals surface area contributed by atoms with Gasteiger partial charge in [-0.2, -0.15) is 0 Å². The van der Waals surface area contributed by atoms with Crippen LogP contribution in [0.4, 0.5) is 0 Å². The van der Waals surface area contributed by atoms with Crippen molar-refractivity contribution >= 4 is 11.9 Å². The Morgan fingerprint density at radius 3 is 2.50 bits per heavy atom. The van der Waals surface area contributed by atoms with Gasteiger partial charge in [0.15, 0.2) is 6.61 Å². The Kier molecular flexibility index (Phi) is 4.83. The van der Waals surface area contributed by atoms with Gasteiger partial charge < -0.3 is 19.6 Å². The minimum atomic E-state index is -1.04. The third-order valence-corrected chi connectivity index (χ3v) is 3.07. The van der Waals surface area contributed by atoms with Crippen molar-refractivity contribution < 1.29 is 23.8 Å². The van der Waals surface area contributed by atoms with Crippen LogP contribution in [0.3, 0.4) is 0 Å². The summed E-state index contributed by atoms with van der Waals surface area (Å²) in [5, 5.41) is 11.4. The van der Waals surface area contributed by atoms with Gasteiger partial charge in [-0.25, -0.2) is 4.79 Å². The highest BCUT2D eigenvalue weighted by Crippen LogP contribution is 2.24. The summed E-state index contributed by atoms with van der Waals surface area (Å²) in [5.41, 5.74) is 1.91. The smallest absolute Gasteiger partial charge is 0.341 e. The second-order valence-corrected chi connectivity index (χ2v) is 4.88. The Bertz CT molecular complexity index is 653. The zero-order chi connectivity index (χ0) is 16.1.